The number of hydrogen-bond acceptors (Lipinski definition) is 2. The van der Waals surface area contributed by atoms with Crippen molar-refractivity contribution in [2.75, 3.05) is 27.2 Å². The Bertz CT molecular complexity index is 466. The van der Waals surface area contributed by atoms with Gasteiger partial charge in [-0.2, -0.15) is 0 Å². The quantitative estimate of drug-likeness (QED) is 0.626. The van der Waals surface area contributed by atoms with Crippen molar-refractivity contribution in [2.45, 2.75) is 13.0 Å². The van der Waals surface area contributed by atoms with Gasteiger partial charge in [-0.1, -0.05) is 11.5 Å². The first-order valence-corrected chi connectivity index (χ1v) is 6.09. The topological polar surface area (TPSA) is 18.5 Å². The fourth-order valence-corrected chi connectivity index (χ4v) is 3.15. The number of benzene rings is 1. The van der Waals surface area contributed by atoms with Crippen LogP contribution >= 0.6 is 0 Å². The van der Waals surface area contributed by atoms with Crippen molar-refractivity contribution in [3.05, 3.63) is 29.6 Å². The molecular formula is C12H17BFNO2. The maximum atomic E-state index is 13.2. The van der Waals surface area contributed by atoms with Gasteiger partial charge in [-0.25, -0.2) is 4.39 Å². The van der Waals surface area contributed by atoms with Gasteiger partial charge in [0.25, 0.3) is 0 Å². The Morgan fingerprint density at radius 1 is 1.29 bits per heavy atom. The second-order valence-corrected chi connectivity index (χ2v) is 5.55. The lowest BCUT2D eigenvalue weighted by Gasteiger charge is -2.55. The lowest BCUT2D eigenvalue weighted by Crippen LogP contribution is -2.74. The zero-order chi connectivity index (χ0) is 12.1. The molecule has 1 saturated heterocycles. The van der Waals surface area contributed by atoms with Crippen molar-refractivity contribution in [1.82, 2.24) is 0 Å². The van der Waals surface area contributed by atoms with Crippen molar-refractivity contribution in [2.24, 2.45) is 0 Å². The summed E-state index contributed by atoms with van der Waals surface area (Å²) in [5.74, 6) is -0.207. The third-order valence-corrected chi connectivity index (χ3v) is 4.11. The molecule has 1 aromatic rings. The summed E-state index contributed by atoms with van der Waals surface area (Å²) in [6.45, 7) is 0.705. The van der Waals surface area contributed by atoms with Gasteiger partial charge in [0.15, 0.2) is 0 Å². The van der Waals surface area contributed by atoms with Crippen LogP contribution in [0.15, 0.2) is 18.2 Å². The summed E-state index contributed by atoms with van der Waals surface area (Å²) in [7, 11) is 4.25. The molecule has 17 heavy (non-hydrogen) atoms. The molecule has 0 N–H and O–H groups in total. The third kappa shape index (κ3) is 1.46. The normalized spacial score (nSPS) is 30.5. The summed E-state index contributed by atoms with van der Waals surface area (Å²) in [5, 5.41) is 0. The molecule has 5 heteroatoms. The van der Waals surface area contributed by atoms with Crippen molar-refractivity contribution in [3.8, 4) is 0 Å². The highest BCUT2D eigenvalue weighted by Crippen LogP contribution is 2.31. The lowest BCUT2D eigenvalue weighted by atomic mass is 9.59. The number of hydrogen-bond donors (Lipinski definition) is 0. The first-order chi connectivity index (χ1) is 8.05. The predicted molar refractivity (Wildman–Crippen MR) is 64.1 cm³/mol. The maximum absolute atomic E-state index is 13.2. The molecule has 3 rings (SSSR count). The second-order valence-electron chi connectivity index (χ2n) is 5.55. The van der Waals surface area contributed by atoms with Gasteiger partial charge in [0, 0.05) is 40.3 Å². The highest BCUT2D eigenvalue weighted by Gasteiger charge is 2.53. The molecular weight excluding hydrogens is 220 g/mol. The van der Waals surface area contributed by atoms with Crippen LogP contribution in [-0.2, 0) is 15.9 Å². The Morgan fingerprint density at radius 3 is 2.88 bits per heavy atom. The van der Waals surface area contributed by atoms with Crippen LogP contribution < -0.4 is 5.46 Å². The van der Waals surface area contributed by atoms with E-state index in [1.54, 1.807) is 6.07 Å². The molecule has 2 aliphatic rings. The molecule has 0 aliphatic carbocycles. The van der Waals surface area contributed by atoms with Crippen molar-refractivity contribution < 1.29 is 18.1 Å². The van der Waals surface area contributed by atoms with E-state index < -0.39 is 6.69 Å². The molecule has 0 saturated carbocycles. The molecule has 1 spiro atoms. The highest BCUT2D eigenvalue weighted by molar-refractivity contribution is 6.76. The molecule has 0 aromatic heterocycles. The molecule has 0 amide bonds. The first kappa shape index (κ1) is 11.2. The molecule has 2 heterocycles. The van der Waals surface area contributed by atoms with Crippen LogP contribution in [0.25, 0.3) is 0 Å². The van der Waals surface area contributed by atoms with E-state index in [1.165, 1.54) is 6.07 Å². The van der Waals surface area contributed by atoms with Crippen LogP contribution in [-0.4, -0.2) is 38.3 Å². The van der Waals surface area contributed by atoms with Gasteiger partial charge in [-0.05, 0) is 17.7 Å². The van der Waals surface area contributed by atoms with Crippen LogP contribution in [0.1, 0.15) is 12.0 Å². The van der Waals surface area contributed by atoms with Crippen LogP contribution in [0.5, 0.6) is 0 Å². The van der Waals surface area contributed by atoms with E-state index >= 15 is 0 Å². The zero-order valence-electron chi connectivity index (χ0n) is 10.3. The van der Waals surface area contributed by atoms with Crippen molar-refractivity contribution >= 4 is 12.1 Å². The molecule has 0 radical (unpaired) electrons. The SMILES string of the molecule is C[N+]1(C)CCCO[B-]12OCc1cc(F)ccc12. The number of rotatable bonds is 0. The summed E-state index contributed by atoms with van der Waals surface area (Å²) in [6, 6.07) is 4.88. The van der Waals surface area contributed by atoms with Gasteiger partial charge < -0.3 is 13.7 Å². The summed E-state index contributed by atoms with van der Waals surface area (Å²) in [5.41, 5.74) is 1.97. The molecule has 1 atom stereocenters. The summed E-state index contributed by atoms with van der Waals surface area (Å²) in [6.07, 6.45) is 1.04. The number of halogens is 1. The standard InChI is InChI=1S/C12H17BFNO2/c1-15(2)6-3-7-16-13(15)12-5-4-11(14)8-10(12)9-17-13/h4-5,8H,3,6-7,9H2,1-2H3. The minimum absolute atomic E-state index is 0.207. The van der Waals surface area contributed by atoms with Gasteiger partial charge in [0.05, 0.1) is 0 Å². The van der Waals surface area contributed by atoms with E-state index in [9.17, 15) is 4.39 Å². The molecule has 0 bridgehead atoms. The Labute approximate surface area is 101 Å². The van der Waals surface area contributed by atoms with Crippen LogP contribution in [0.4, 0.5) is 4.39 Å². The average Bonchev–Trinajstić information content (AvgIpc) is 2.63. The van der Waals surface area contributed by atoms with E-state index in [2.05, 4.69) is 14.1 Å². The van der Waals surface area contributed by atoms with Gasteiger partial charge in [-0.15, -0.1) is 0 Å². The fraction of sp³-hybridized carbons (Fsp3) is 0.500. The summed E-state index contributed by atoms with van der Waals surface area (Å²) < 4.78 is 25.9. The predicted octanol–water partition coefficient (Wildman–Crippen LogP) is 0.998. The molecule has 1 aromatic carbocycles. The van der Waals surface area contributed by atoms with Gasteiger partial charge >= 0.3 is 6.69 Å². The molecule has 3 nitrogen and oxygen atoms in total. The zero-order valence-corrected chi connectivity index (χ0v) is 10.3. The second kappa shape index (κ2) is 3.54. The van der Waals surface area contributed by atoms with E-state index in [0.717, 1.165) is 30.6 Å². The van der Waals surface area contributed by atoms with E-state index in [1.807, 2.05) is 6.07 Å². The highest BCUT2D eigenvalue weighted by atomic mass is 19.1. The maximum Gasteiger partial charge on any atom is 0.502 e. The van der Waals surface area contributed by atoms with Crippen LogP contribution in [0.2, 0.25) is 0 Å². The minimum Gasteiger partial charge on any atom is -0.509 e. The van der Waals surface area contributed by atoms with Crippen LogP contribution in [0, 0.1) is 5.82 Å². The van der Waals surface area contributed by atoms with Crippen LogP contribution in [0.3, 0.4) is 0 Å². The average molecular weight is 237 g/mol. The lowest BCUT2D eigenvalue weighted by molar-refractivity contribution is -0.812. The Hall–Kier alpha value is -0.905. The summed E-state index contributed by atoms with van der Waals surface area (Å²) >= 11 is 0. The van der Waals surface area contributed by atoms with Gasteiger partial charge in [0.2, 0.25) is 0 Å². The molecule has 92 valence electrons. The number of quaternary nitrogens is 1. The van der Waals surface area contributed by atoms with E-state index in [-0.39, 0.29) is 5.82 Å². The minimum atomic E-state index is -1.49. The van der Waals surface area contributed by atoms with Crippen molar-refractivity contribution in [1.29, 1.82) is 0 Å². The summed E-state index contributed by atoms with van der Waals surface area (Å²) in [4.78, 5) is 0. The smallest absolute Gasteiger partial charge is 0.502 e. The fourth-order valence-electron chi connectivity index (χ4n) is 3.15. The molecule has 1 fully saturated rings. The van der Waals surface area contributed by atoms with E-state index in [0.29, 0.717) is 11.0 Å². The third-order valence-electron chi connectivity index (χ3n) is 4.11. The van der Waals surface area contributed by atoms with Crippen molar-refractivity contribution in [3.63, 3.8) is 0 Å². The molecule has 2 aliphatic heterocycles. The van der Waals surface area contributed by atoms with Gasteiger partial charge in [-0.3, -0.25) is 0 Å². The van der Waals surface area contributed by atoms with Gasteiger partial charge in [0.1, 0.15) is 5.82 Å². The first-order valence-electron chi connectivity index (χ1n) is 6.09. The van der Waals surface area contributed by atoms with E-state index in [4.69, 9.17) is 9.31 Å². The molecule has 1 unspecified atom stereocenters. The Morgan fingerprint density at radius 2 is 2.12 bits per heavy atom. The largest absolute Gasteiger partial charge is 0.509 e. The number of fused-ring (bicyclic) bond motifs is 2. The Kier molecular flexibility index (Phi) is 2.33. The Balaban J connectivity index is 2.12. The monoisotopic (exact) mass is 237 g/mol. The number of nitrogens with zero attached hydrogens (tertiary/aromatic N) is 1.